The summed E-state index contributed by atoms with van der Waals surface area (Å²) in [6.07, 6.45) is 4.87. The van der Waals surface area contributed by atoms with Gasteiger partial charge in [-0.3, -0.25) is 9.78 Å². The largest absolute Gasteiger partial charge is 0.462 e. The van der Waals surface area contributed by atoms with Crippen molar-refractivity contribution >= 4 is 45.0 Å². The molecule has 2 aromatic heterocycles. The molecule has 2 saturated heterocycles. The Labute approximate surface area is 262 Å². The third-order valence-electron chi connectivity index (χ3n) is 8.50. The molecule has 0 spiro atoms. The zero-order chi connectivity index (χ0) is 31.8. The van der Waals surface area contributed by atoms with E-state index in [0.717, 1.165) is 25.5 Å². The zero-order valence-electron chi connectivity index (χ0n) is 24.4. The van der Waals surface area contributed by atoms with E-state index in [4.69, 9.17) is 22.9 Å². The molecule has 13 heteroatoms. The maximum absolute atomic E-state index is 16.6. The van der Waals surface area contributed by atoms with Crippen molar-refractivity contribution in [2.24, 2.45) is 0 Å². The van der Waals surface area contributed by atoms with Crippen LogP contribution in [0.1, 0.15) is 12.8 Å². The molecule has 0 saturated carbocycles. The van der Waals surface area contributed by atoms with Crippen molar-refractivity contribution < 1.29 is 22.7 Å². The Balaban J connectivity index is 1.49. The highest BCUT2D eigenvalue weighted by Crippen LogP contribution is 2.40. The summed E-state index contributed by atoms with van der Waals surface area (Å²) in [4.78, 5) is 34.2. The van der Waals surface area contributed by atoms with Gasteiger partial charge in [0.25, 0.3) is 5.91 Å². The van der Waals surface area contributed by atoms with Crippen LogP contribution in [0.25, 0.3) is 37.6 Å². The number of rotatable bonds is 7. The summed E-state index contributed by atoms with van der Waals surface area (Å²) in [6, 6.07) is 5.60. The van der Waals surface area contributed by atoms with Crippen molar-refractivity contribution in [1.29, 1.82) is 0 Å². The van der Waals surface area contributed by atoms with E-state index in [1.165, 1.54) is 11.1 Å². The Morgan fingerprint density at radius 3 is 2.76 bits per heavy atom. The summed E-state index contributed by atoms with van der Waals surface area (Å²) in [5.74, 6) is -3.66. The molecule has 0 bridgehead atoms. The molecule has 4 aromatic rings. The second-order valence-corrected chi connectivity index (χ2v) is 11.6. The highest BCUT2D eigenvalue weighted by atomic mass is 35.5. The number of hydrogen-bond acceptors (Lipinski definition) is 7. The molecular weight excluding hydrogens is 607 g/mol. The summed E-state index contributed by atoms with van der Waals surface area (Å²) in [5, 5.41) is 1.44. The summed E-state index contributed by atoms with van der Waals surface area (Å²) in [5.41, 5.74) is -0.351. The molecule has 6 rings (SSSR count). The molecule has 232 valence electrons. The summed E-state index contributed by atoms with van der Waals surface area (Å²) in [6.45, 7) is 11.8. The minimum atomic E-state index is -1.13. The molecule has 45 heavy (non-hydrogen) atoms. The van der Waals surface area contributed by atoms with Crippen molar-refractivity contribution in [3.63, 3.8) is 0 Å². The van der Waals surface area contributed by atoms with Gasteiger partial charge in [0, 0.05) is 64.8 Å². The number of ether oxygens (including phenoxy) is 1. The Morgan fingerprint density at radius 2 is 2.02 bits per heavy atom. The van der Waals surface area contributed by atoms with E-state index < -0.39 is 29.4 Å². The lowest BCUT2D eigenvalue weighted by Gasteiger charge is -2.39. The number of anilines is 1. The fourth-order valence-electron chi connectivity index (χ4n) is 6.18. The van der Waals surface area contributed by atoms with Gasteiger partial charge in [0.15, 0.2) is 11.6 Å². The second-order valence-electron chi connectivity index (χ2n) is 11.2. The van der Waals surface area contributed by atoms with Crippen LogP contribution in [0.15, 0.2) is 49.1 Å². The van der Waals surface area contributed by atoms with E-state index in [1.54, 1.807) is 29.3 Å². The molecule has 0 radical (unpaired) electrons. The first-order valence-electron chi connectivity index (χ1n) is 14.5. The molecule has 2 aliphatic rings. The Morgan fingerprint density at radius 1 is 1.20 bits per heavy atom. The number of hydrogen-bond donors (Lipinski definition) is 0. The fourth-order valence-corrected chi connectivity index (χ4v) is 6.47. The van der Waals surface area contributed by atoms with Gasteiger partial charge in [-0.05, 0) is 38.6 Å². The van der Waals surface area contributed by atoms with Gasteiger partial charge in [0.1, 0.15) is 29.8 Å². The SMILES string of the molecule is [C-]#[N+]C[C@H]1CN(c2nc(OC[C@@H]3CCCN3C)nc3c(F)c(-c4cncc5cccc(Cl)c45)c(F)cc23)CCN1C(=O)C(=C)F. The van der Waals surface area contributed by atoms with Crippen LogP contribution in [0.5, 0.6) is 6.01 Å². The monoisotopic (exact) mass is 635 g/mol. The maximum Gasteiger partial charge on any atom is 0.319 e. The van der Waals surface area contributed by atoms with Crippen LogP contribution in [0.2, 0.25) is 5.02 Å². The first-order valence-corrected chi connectivity index (χ1v) is 14.8. The molecule has 9 nitrogen and oxygen atoms in total. The standard InChI is InChI=1S/C32H29ClF3N7O2/c1-18(34)31(44)43-11-10-42(16-21(43)14-37-2)30-22-12-25(35)27(23-15-38-13-19-6-4-8-24(33)26(19)23)28(36)29(22)39-32(40-30)45-17-20-7-5-9-41(20)3/h4,6,8,12-13,15,20-21H,1,5,7,9-11,14,16-17H2,3H3/t20-,21-/m0/s1. The minimum Gasteiger partial charge on any atom is -0.462 e. The Hall–Kier alpha value is -4.47. The van der Waals surface area contributed by atoms with Gasteiger partial charge >= 0.3 is 6.01 Å². The second kappa shape index (κ2) is 12.5. The number of carbonyl (C=O) groups excluding carboxylic acids is 1. The normalized spacial score (nSPS) is 18.8. The lowest BCUT2D eigenvalue weighted by molar-refractivity contribution is -0.131. The number of halogens is 4. The smallest absolute Gasteiger partial charge is 0.319 e. The van der Waals surface area contributed by atoms with Crippen LogP contribution in [0, 0.1) is 18.2 Å². The summed E-state index contributed by atoms with van der Waals surface area (Å²) in [7, 11) is 2.00. The summed E-state index contributed by atoms with van der Waals surface area (Å²) >= 11 is 6.49. The molecule has 1 amide bonds. The van der Waals surface area contributed by atoms with Gasteiger partial charge < -0.3 is 24.3 Å². The lowest BCUT2D eigenvalue weighted by Crippen LogP contribution is -2.56. The van der Waals surface area contributed by atoms with Crippen molar-refractivity contribution in [3.8, 4) is 17.1 Å². The van der Waals surface area contributed by atoms with Crippen LogP contribution < -0.4 is 9.64 Å². The predicted octanol–water partition coefficient (Wildman–Crippen LogP) is 5.67. The highest BCUT2D eigenvalue weighted by molar-refractivity contribution is 6.36. The molecule has 2 aromatic carbocycles. The lowest BCUT2D eigenvalue weighted by atomic mass is 9.98. The predicted molar refractivity (Wildman–Crippen MR) is 166 cm³/mol. The third-order valence-corrected chi connectivity index (χ3v) is 8.81. The zero-order valence-corrected chi connectivity index (χ0v) is 25.2. The number of likely N-dealkylation sites (N-methyl/N-ethyl adjacent to an activating group) is 1. The van der Waals surface area contributed by atoms with Crippen molar-refractivity contribution in [3.05, 3.63) is 77.1 Å². The topological polar surface area (TPSA) is 79.1 Å². The van der Waals surface area contributed by atoms with Gasteiger partial charge in [-0.15, -0.1) is 0 Å². The molecule has 2 atom stereocenters. The van der Waals surface area contributed by atoms with Crippen molar-refractivity contribution in [1.82, 2.24) is 24.8 Å². The van der Waals surface area contributed by atoms with Gasteiger partial charge in [0.2, 0.25) is 6.54 Å². The first-order chi connectivity index (χ1) is 21.7. The van der Waals surface area contributed by atoms with E-state index in [0.29, 0.717) is 15.8 Å². The molecule has 2 fully saturated rings. The quantitative estimate of drug-likeness (QED) is 0.191. The van der Waals surface area contributed by atoms with Crippen molar-refractivity contribution in [2.75, 3.05) is 51.3 Å². The molecule has 4 heterocycles. The van der Waals surface area contributed by atoms with Gasteiger partial charge in [-0.25, -0.2) is 19.7 Å². The van der Waals surface area contributed by atoms with E-state index >= 15 is 8.78 Å². The molecular formula is C32H29ClF3N7O2. The number of benzene rings is 2. The van der Waals surface area contributed by atoms with Crippen LogP contribution in [-0.2, 0) is 4.79 Å². The number of nitrogens with zero attached hydrogens (tertiary/aromatic N) is 7. The van der Waals surface area contributed by atoms with E-state index in [-0.39, 0.29) is 72.7 Å². The van der Waals surface area contributed by atoms with Gasteiger partial charge in [-0.2, -0.15) is 9.97 Å². The van der Waals surface area contributed by atoms with Crippen LogP contribution in [-0.4, -0.2) is 89.1 Å². The average Bonchev–Trinajstić information content (AvgIpc) is 3.44. The Kier molecular flexibility index (Phi) is 8.48. The van der Waals surface area contributed by atoms with Crippen LogP contribution in [0.4, 0.5) is 19.0 Å². The van der Waals surface area contributed by atoms with Gasteiger partial charge in [-0.1, -0.05) is 30.3 Å². The number of pyridine rings is 1. The first kappa shape index (κ1) is 30.6. The number of aromatic nitrogens is 3. The maximum atomic E-state index is 16.6. The van der Waals surface area contributed by atoms with E-state index in [2.05, 4.69) is 31.3 Å². The molecule has 0 aliphatic carbocycles. The van der Waals surface area contributed by atoms with Crippen LogP contribution >= 0.6 is 11.6 Å². The molecule has 0 N–H and O–H groups in total. The summed E-state index contributed by atoms with van der Waals surface area (Å²) < 4.78 is 52.5. The van der Waals surface area contributed by atoms with Crippen molar-refractivity contribution in [2.45, 2.75) is 24.9 Å². The fraction of sp³-hybridized carbons (Fsp3) is 0.344. The number of amides is 1. The molecule has 0 unspecified atom stereocenters. The number of fused-ring (bicyclic) bond motifs is 2. The average molecular weight is 636 g/mol. The minimum absolute atomic E-state index is 0.0414. The highest BCUT2D eigenvalue weighted by Gasteiger charge is 2.36. The van der Waals surface area contributed by atoms with E-state index in [1.807, 2.05) is 7.05 Å². The number of carbonyl (C=O) groups is 1. The number of piperazine rings is 1. The number of likely N-dealkylation sites (tertiary alicyclic amines) is 1. The Bertz CT molecular complexity index is 1860. The molecule has 2 aliphatic heterocycles. The van der Waals surface area contributed by atoms with E-state index in [9.17, 15) is 9.18 Å². The third kappa shape index (κ3) is 5.74. The van der Waals surface area contributed by atoms with Gasteiger partial charge in [0.05, 0.1) is 5.56 Å². The van der Waals surface area contributed by atoms with Crippen LogP contribution in [0.3, 0.4) is 0 Å².